The van der Waals surface area contributed by atoms with Crippen LogP contribution < -0.4 is 27.4 Å². The minimum Gasteiger partial charge on any atom is -0.480 e. The van der Waals surface area contributed by atoms with Crippen LogP contribution in [-0.4, -0.2) is 65.3 Å². The Morgan fingerprint density at radius 1 is 0.962 bits per heavy atom. The zero-order valence-electron chi connectivity index (χ0n) is 15.0. The second-order valence-electron chi connectivity index (χ2n) is 5.93. The molecule has 0 aliphatic carbocycles. The molecule has 0 saturated carbocycles. The van der Waals surface area contributed by atoms with Crippen molar-refractivity contribution in [2.75, 3.05) is 12.3 Å². The lowest BCUT2D eigenvalue weighted by Crippen LogP contribution is -2.55. The average Bonchev–Trinajstić information content (AvgIpc) is 2.58. The summed E-state index contributed by atoms with van der Waals surface area (Å²) in [5.74, 6) is -3.04. The fourth-order valence-electron chi connectivity index (χ4n) is 1.91. The van der Waals surface area contributed by atoms with Crippen LogP contribution in [0.4, 0.5) is 0 Å². The third-order valence-corrected chi connectivity index (χ3v) is 3.97. The summed E-state index contributed by atoms with van der Waals surface area (Å²) in [6.45, 7) is 3.37. The molecule has 150 valence electrons. The van der Waals surface area contributed by atoms with Crippen molar-refractivity contribution in [3.63, 3.8) is 0 Å². The molecule has 0 aliphatic rings. The second kappa shape index (κ2) is 12.5. The first-order valence-corrected chi connectivity index (χ1v) is 8.97. The van der Waals surface area contributed by atoms with Gasteiger partial charge in [0.05, 0.1) is 6.04 Å². The first kappa shape index (κ1) is 24.1. The van der Waals surface area contributed by atoms with Crippen molar-refractivity contribution < 1.29 is 24.3 Å². The number of aliphatic carboxylic acids is 1. The fourth-order valence-corrected chi connectivity index (χ4v) is 2.16. The van der Waals surface area contributed by atoms with Crippen LogP contribution in [0.2, 0.25) is 0 Å². The lowest BCUT2D eigenvalue weighted by molar-refractivity contribution is -0.141. The molecule has 0 spiro atoms. The minimum absolute atomic E-state index is 0.0871. The molecule has 0 fully saturated rings. The number of carbonyl (C=O) groups excluding carboxylic acids is 3. The zero-order valence-corrected chi connectivity index (χ0v) is 15.9. The molecule has 10 nitrogen and oxygen atoms in total. The predicted octanol–water partition coefficient (Wildman–Crippen LogP) is -2.05. The number of nitrogens with one attached hydrogen (secondary N) is 3. The van der Waals surface area contributed by atoms with E-state index in [4.69, 9.17) is 16.6 Å². The van der Waals surface area contributed by atoms with Gasteiger partial charge in [-0.2, -0.15) is 12.6 Å². The van der Waals surface area contributed by atoms with Crippen LogP contribution in [0.3, 0.4) is 0 Å². The van der Waals surface area contributed by atoms with Crippen LogP contribution in [0, 0.1) is 0 Å². The molecule has 0 saturated heterocycles. The van der Waals surface area contributed by atoms with E-state index in [0.29, 0.717) is 19.4 Å². The Balaban J connectivity index is 4.45. The minimum atomic E-state index is -1.23. The summed E-state index contributed by atoms with van der Waals surface area (Å²) >= 11 is 3.84. The van der Waals surface area contributed by atoms with Crippen molar-refractivity contribution in [2.24, 2.45) is 11.5 Å². The van der Waals surface area contributed by atoms with Crippen LogP contribution in [0.25, 0.3) is 0 Å². The van der Waals surface area contributed by atoms with Crippen LogP contribution in [-0.2, 0) is 19.2 Å². The lowest BCUT2D eigenvalue weighted by Gasteiger charge is -2.21. The highest BCUT2D eigenvalue weighted by molar-refractivity contribution is 7.80. The molecule has 3 amide bonds. The van der Waals surface area contributed by atoms with E-state index in [1.807, 2.05) is 0 Å². The number of carbonyl (C=O) groups is 4. The van der Waals surface area contributed by atoms with Crippen molar-refractivity contribution in [2.45, 2.75) is 57.3 Å². The van der Waals surface area contributed by atoms with Gasteiger partial charge >= 0.3 is 5.97 Å². The molecule has 0 heterocycles. The Labute approximate surface area is 158 Å². The maximum Gasteiger partial charge on any atom is 0.327 e. The third-order valence-electron chi connectivity index (χ3n) is 3.61. The molecule has 0 aromatic carbocycles. The quantitative estimate of drug-likeness (QED) is 0.148. The summed E-state index contributed by atoms with van der Waals surface area (Å²) in [5, 5.41) is 16.0. The van der Waals surface area contributed by atoms with Crippen molar-refractivity contribution in [3.05, 3.63) is 0 Å². The van der Waals surface area contributed by atoms with Gasteiger partial charge in [-0.1, -0.05) is 6.42 Å². The van der Waals surface area contributed by atoms with E-state index in [-0.39, 0.29) is 5.75 Å². The van der Waals surface area contributed by atoms with Crippen molar-refractivity contribution in [3.8, 4) is 0 Å². The number of hydrogen-bond acceptors (Lipinski definition) is 7. The molecule has 0 unspecified atom stereocenters. The standard InChI is InChI=1S/C15H29N5O5S/c1-8(19-14(23)10(17)5-3-4-6-16)12(21)18-9(2)13(22)20-11(7-26)15(24)25/h8-11,26H,3-7,16-17H2,1-2H3,(H,18,21)(H,19,23)(H,20,22)(H,24,25)/t8-,9-,10-,11-/m0/s1. The summed E-state index contributed by atoms with van der Waals surface area (Å²) in [5.41, 5.74) is 11.1. The predicted molar refractivity (Wildman–Crippen MR) is 99.5 cm³/mol. The first-order chi connectivity index (χ1) is 12.1. The Bertz CT molecular complexity index is 505. The van der Waals surface area contributed by atoms with Crippen molar-refractivity contribution in [1.82, 2.24) is 16.0 Å². The summed E-state index contributed by atoms with van der Waals surface area (Å²) in [6.07, 6.45) is 1.92. The fraction of sp³-hybridized carbons (Fsp3) is 0.733. The largest absolute Gasteiger partial charge is 0.480 e. The number of thiol groups is 1. The topological polar surface area (TPSA) is 177 Å². The molecular weight excluding hydrogens is 362 g/mol. The average molecular weight is 391 g/mol. The van der Waals surface area contributed by atoms with Gasteiger partial charge in [0.2, 0.25) is 17.7 Å². The van der Waals surface area contributed by atoms with Gasteiger partial charge in [-0.3, -0.25) is 14.4 Å². The third kappa shape index (κ3) is 9.02. The van der Waals surface area contributed by atoms with Gasteiger partial charge in [0.25, 0.3) is 0 Å². The van der Waals surface area contributed by atoms with Gasteiger partial charge in [-0.05, 0) is 33.2 Å². The van der Waals surface area contributed by atoms with E-state index < -0.39 is 47.9 Å². The Hall–Kier alpha value is -1.85. The van der Waals surface area contributed by atoms with E-state index in [1.165, 1.54) is 13.8 Å². The Kier molecular flexibility index (Phi) is 11.6. The highest BCUT2D eigenvalue weighted by atomic mass is 32.1. The molecular formula is C15H29N5O5S. The van der Waals surface area contributed by atoms with Gasteiger partial charge in [-0.15, -0.1) is 0 Å². The Morgan fingerprint density at radius 3 is 1.92 bits per heavy atom. The SMILES string of the molecule is C[C@H](NC(=O)[C@H](C)NC(=O)[C@@H](N)CCCCN)C(=O)N[C@@H](CS)C(=O)O. The molecule has 0 bridgehead atoms. The molecule has 0 aliphatic heterocycles. The van der Waals surface area contributed by atoms with Crippen LogP contribution in [0.15, 0.2) is 0 Å². The smallest absolute Gasteiger partial charge is 0.327 e. The van der Waals surface area contributed by atoms with Gasteiger partial charge < -0.3 is 32.5 Å². The molecule has 0 aromatic heterocycles. The summed E-state index contributed by atoms with van der Waals surface area (Å²) in [7, 11) is 0. The van der Waals surface area contributed by atoms with Gasteiger partial charge in [-0.25, -0.2) is 4.79 Å². The number of amides is 3. The van der Waals surface area contributed by atoms with Gasteiger partial charge in [0.1, 0.15) is 18.1 Å². The van der Waals surface area contributed by atoms with Crippen LogP contribution in [0.1, 0.15) is 33.1 Å². The van der Waals surface area contributed by atoms with Crippen molar-refractivity contribution >= 4 is 36.3 Å². The molecule has 11 heteroatoms. The highest BCUT2D eigenvalue weighted by Gasteiger charge is 2.25. The first-order valence-electron chi connectivity index (χ1n) is 8.34. The second-order valence-corrected chi connectivity index (χ2v) is 6.30. The zero-order chi connectivity index (χ0) is 20.3. The maximum absolute atomic E-state index is 12.1. The van der Waals surface area contributed by atoms with Gasteiger partial charge in [0, 0.05) is 5.75 Å². The summed E-state index contributed by atoms with van der Waals surface area (Å²) in [6, 6.07) is -3.79. The summed E-state index contributed by atoms with van der Waals surface area (Å²) < 4.78 is 0. The molecule has 8 N–H and O–H groups in total. The van der Waals surface area contributed by atoms with E-state index in [0.717, 1.165) is 6.42 Å². The van der Waals surface area contributed by atoms with Crippen molar-refractivity contribution in [1.29, 1.82) is 0 Å². The molecule has 0 rings (SSSR count). The van der Waals surface area contributed by atoms with Gasteiger partial charge in [0.15, 0.2) is 0 Å². The molecule has 4 atom stereocenters. The number of hydrogen-bond donors (Lipinski definition) is 7. The van der Waals surface area contributed by atoms with E-state index in [9.17, 15) is 19.2 Å². The van der Waals surface area contributed by atoms with E-state index >= 15 is 0 Å². The highest BCUT2D eigenvalue weighted by Crippen LogP contribution is 1.99. The van der Waals surface area contributed by atoms with E-state index in [2.05, 4.69) is 28.6 Å². The number of nitrogens with two attached hydrogens (primary N) is 2. The number of carboxylic acids is 1. The molecule has 26 heavy (non-hydrogen) atoms. The molecule has 0 aromatic rings. The number of rotatable bonds is 12. The Morgan fingerprint density at radius 2 is 1.46 bits per heavy atom. The summed E-state index contributed by atoms with van der Waals surface area (Å²) in [4.78, 5) is 46.8. The van der Waals surface area contributed by atoms with Crippen LogP contribution >= 0.6 is 12.6 Å². The normalized spacial score (nSPS) is 15.3. The lowest BCUT2D eigenvalue weighted by atomic mass is 10.1. The van der Waals surface area contributed by atoms with Crippen LogP contribution in [0.5, 0.6) is 0 Å². The monoisotopic (exact) mass is 391 g/mol. The van der Waals surface area contributed by atoms with E-state index in [1.54, 1.807) is 0 Å². The number of unbranched alkanes of at least 4 members (excludes halogenated alkanes) is 1. The maximum atomic E-state index is 12.1. The number of carboxylic acid groups (broad SMARTS) is 1. The molecule has 0 radical (unpaired) electrons.